The van der Waals surface area contributed by atoms with Gasteiger partial charge in [-0.1, -0.05) is 17.9 Å². The normalized spacial score (nSPS) is 19.2. The molecule has 1 rings (SSSR count). The highest BCUT2D eigenvalue weighted by Crippen LogP contribution is 2.15. The van der Waals surface area contributed by atoms with Gasteiger partial charge in [0.2, 0.25) is 0 Å². The van der Waals surface area contributed by atoms with Gasteiger partial charge in [-0.15, -0.1) is 0 Å². The molecule has 10 heavy (non-hydrogen) atoms. The molecule has 0 saturated heterocycles. The fraction of sp³-hybridized carbons (Fsp3) is 0.556. The number of allylic oxidation sites excluding steroid dienone is 2. The fourth-order valence-corrected chi connectivity index (χ4v) is 0.982. The zero-order chi connectivity index (χ0) is 7.40. The molecule has 0 aliphatic heterocycles. The highest BCUT2D eigenvalue weighted by molar-refractivity contribution is 5.31. The molecule has 1 unspecified atom stereocenters. The van der Waals surface area contributed by atoms with Crippen LogP contribution in [0.1, 0.15) is 26.2 Å². The van der Waals surface area contributed by atoms with Gasteiger partial charge in [-0.05, 0) is 31.8 Å². The van der Waals surface area contributed by atoms with E-state index in [-0.39, 0.29) is 0 Å². The quantitative estimate of drug-likeness (QED) is 0.500. The van der Waals surface area contributed by atoms with Crippen molar-refractivity contribution in [1.82, 2.24) is 0 Å². The number of hydrogen-bond donors (Lipinski definition) is 1. The van der Waals surface area contributed by atoms with Crippen molar-refractivity contribution in [2.75, 3.05) is 0 Å². The first-order chi connectivity index (χ1) is 4.79. The Balaban J connectivity index is 2.46. The minimum absolute atomic E-state index is 0.485. The van der Waals surface area contributed by atoms with Crippen molar-refractivity contribution in [2.45, 2.75) is 32.3 Å². The molecular weight excluding hydrogens is 124 g/mol. The van der Waals surface area contributed by atoms with E-state index in [0.717, 1.165) is 12.8 Å². The summed E-state index contributed by atoms with van der Waals surface area (Å²) < 4.78 is 0. The molecule has 1 nitrogen and oxygen atoms in total. The summed E-state index contributed by atoms with van der Waals surface area (Å²) in [6.07, 6.45) is 5.14. The van der Waals surface area contributed by atoms with Crippen molar-refractivity contribution < 1.29 is 5.11 Å². The second-order valence-corrected chi connectivity index (χ2v) is 2.57. The van der Waals surface area contributed by atoms with Crippen LogP contribution in [0.15, 0.2) is 11.6 Å². The lowest BCUT2D eigenvalue weighted by Crippen LogP contribution is -1.92. The van der Waals surface area contributed by atoms with E-state index < -0.39 is 6.10 Å². The minimum Gasteiger partial charge on any atom is -0.381 e. The van der Waals surface area contributed by atoms with Crippen LogP contribution in [0.4, 0.5) is 0 Å². The molecular formula is C9H12O. The summed E-state index contributed by atoms with van der Waals surface area (Å²) in [5.74, 6) is 5.67. The second-order valence-electron chi connectivity index (χ2n) is 2.57. The van der Waals surface area contributed by atoms with Gasteiger partial charge in [-0.3, -0.25) is 0 Å². The molecule has 0 aromatic heterocycles. The molecule has 54 valence electrons. The monoisotopic (exact) mass is 136 g/mol. The molecule has 0 aromatic rings. The molecule has 0 fully saturated rings. The molecule has 0 amide bonds. The first-order valence-electron chi connectivity index (χ1n) is 3.67. The van der Waals surface area contributed by atoms with Crippen molar-refractivity contribution >= 4 is 0 Å². The largest absolute Gasteiger partial charge is 0.381 e. The average Bonchev–Trinajstić information content (AvgIpc) is 2.34. The van der Waals surface area contributed by atoms with Crippen LogP contribution in [0.5, 0.6) is 0 Å². The summed E-state index contributed by atoms with van der Waals surface area (Å²) in [7, 11) is 0. The highest BCUT2D eigenvalue weighted by atomic mass is 16.3. The Morgan fingerprint density at radius 3 is 3.00 bits per heavy atom. The Morgan fingerprint density at radius 2 is 2.50 bits per heavy atom. The summed E-state index contributed by atoms with van der Waals surface area (Å²) >= 11 is 0. The van der Waals surface area contributed by atoms with Crippen LogP contribution >= 0.6 is 0 Å². The van der Waals surface area contributed by atoms with Crippen molar-refractivity contribution in [3.63, 3.8) is 0 Å². The van der Waals surface area contributed by atoms with Crippen LogP contribution in [-0.4, -0.2) is 11.2 Å². The molecule has 1 heteroatoms. The van der Waals surface area contributed by atoms with Gasteiger partial charge in [0.1, 0.15) is 6.10 Å². The molecule has 0 aromatic carbocycles. The van der Waals surface area contributed by atoms with Gasteiger partial charge < -0.3 is 5.11 Å². The van der Waals surface area contributed by atoms with Crippen LogP contribution in [-0.2, 0) is 0 Å². The van der Waals surface area contributed by atoms with E-state index in [0.29, 0.717) is 0 Å². The summed E-state index contributed by atoms with van der Waals surface area (Å²) in [4.78, 5) is 0. The lowest BCUT2D eigenvalue weighted by atomic mass is 10.2. The van der Waals surface area contributed by atoms with Gasteiger partial charge in [0.05, 0.1) is 0 Å². The van der Waals surface area contributed by atoms with E-state index in [2.05, 4.69) is 17.9 Å². The maximum Gasteiger partial charge on any atom is 0.112 e. The van der Waals surface area contributed by atoms with Gasteiger partial charge in [-0.2, -0.15) is 0 Å². The lowest BCUT2D eigenvalue weighted by molar-refractivity contribution is 0.253. The van der Waals surface area contributed by atoms with Gasteiger partial charge >= 0.3 is 0 Å². The third kappa shape index (κ3) is 2.24. The van der Waals surface area contributed by atoms with E-state index in [4.69, 9.17) is 5.11 Å². The zero-order valence-corrected chi connectivity index (χ0v) is 6.22. The lowest BCUT2D eigenvalue weighted by Gasteiger charge is -1.88. The summed E-state index contributed by atoms with van der Waals surface area (Å²) in [6, 6.07) is 0. The van der Waals surface area contributed by atoms with Crippen LogP contribution < -0.4 is 0 Å². The first-order valence-corrected chi connectivity index (χ1v) is 3.67. The third-order valence-electron chi connectivity index (χ3n) is 1.48. The minimum atomic E-state index is -0.485. The summed E-state index contributed by atoms with van der Waals surface area (Å²) in [5.41, 5.74) is 1.20. The zero-order valence-electron chi connectivity index (χ0n) is 6.22. The Labute approximate surface area is 61.8 Å². The highest BCUT2D eigenvalue weighted by Gasteiger charge is 1.99. The Kier molecular flexibility index (Phi) is 2.53. The number of rotatable bonds is 0. The third-order valence-corrected chi connectivity index (χ3v) is 1.48. The molecule has 0 bridgehead atoms. The molecule has 1 N–H and O–H groups in total. The van der Waals surface area contributed by atoms with E-state index in [1.54, 1.807) is 6.92 Å². The Bertz CT molecular complexity index is 191. The van der Waals surface area contributed by atoms with Gasteiger partial charge in [-0.25, -0.2) is 0 Å². The molecule has 1 aliphatic rings. The molecule has 1 atom stereocenters. The smallest absolute Gasteiger partial charge is 0.112 e. The molecule has 0 saturated carbocycles. The van der Waals surface area contributed by atoms with Gasteiger partial charge in [0.25, 0.3) is 0 Å². The van der Waals surface area contributed by atoms with Gasteiger partial charge in [0, 0.05) is 0 Å². The summed E-state index contributed by atoms with van der Waals surface area (Å²) in [5, 5.41) is 8.81. The van der Waals surface area contributed by atoms with Crippen molar-refractivity contribution in [1.29, 1.82) is 0 Å². The van der Waals surface area contributed by atoms with E-state index >= 15 is 0 Å². The maximum absolute atomic E-state index is 8.81. The first kappa shape index (κ1) is 7.37. The molecule has 0 heterocycles. The van der Waals surface area contributed by atoms with E-state index in [1.165, 1.54) is 12.0 Å². The van der Waals surface area contributed by atoms with Crippen LogP contribution in [0.25, 0.3) is 0 Å². The van der Waals surface area contributed by atoms with Crippen molar-refractivity contribution in [2.24, 2.45) is 0 Å². The van der Waals surface area contributed by atoms with Crippen molar-refractivity contribution in [3.05, 3.63) is 11.6 Å². The SMILES string of the molecule is CC(O)C#CC1=CCCC1. The molecule has 1 aliphatic carbocycles. The number of aliphatic hydroxyl groups excluding tert-OH is 1. The van der Waals surface area contributed by atoms with Crippen LogP contribution in [0.3, 0.4) is 0 Å². The Hall–Kier alpha value is -0.740. The predicted octanol–water partition coefficient (Wildman–Crippen LogP) is 1.48. The average molecular weight is 136 g/mol. The fourth-order valence-electron chi connectivity index (χ4n) is 0.982. The Morgan fingerprint density at radius 1 is 1.70 bits per heavy atom. The second kappa shape index (κ2) is 3.43. The van der Waals surface area contributed by atoms with E-state index in [1.807, 2.05) is 0 Å². The maximum atomic E-state index is 8.81. The van der Waals surface area contributed by atoms with Gasteiger partial charge in [0.15, 0.2) is 0 Å². The van der Waals surface area contributed by atoms with Crippen LogP contribution in [0.2, 0.25) is 0 Å². The number of aliphatic hydroxyl groups is 1. The summed E-state index contributed by atoms with van der Waals surface area (Å²) in [6.45, 7) is 1.68. The molecule has 0 spiro atoms. The van der Waals surface area contributed by atoms with Crippen molar-refractivity contribution in [3.8, 4) is 11.8 Å². The van der Waals surface area contributed by atoms with E-state index in [9.17, 15) is 0 Å². The molecule has 0 radical (unpaired) electrons. The van der Waals surface area contributed by atoms with Crippen LogP contribution in [0, 0.1) is 11.8 Å². The topological polar surface area (TPSA) is 20.2 Å². The standard InChI is InChI=1S/C9H12O/c1-8(10)6-7-9-4-2-3-5-9/h4,8,10H,2-3,5H2,1H3. The number of hydrogen-bond acceptors (Lipinski definition) is 1. The predicted molar refractivity (Wildman–Crippen MR) is 41.4 cm³/mol.